The number of rotatable bonds is 8. The van der Waals surface area contributed by atoms with Crippen LogP contribution < -0.4 is 0 Å². The minimum atomic E-state index is -2.10. The summed E-state index contributed by atoms with van der Waals surface area (Å²) in [6.07, 6.45) is 1.03. The minimum Gasteiger partial charge on any atom is -0.480 e. The molecule has 0 aromatic carbocycles. The van der Waals surface area contributed by atoms with Crippen LogP contribution in [-0.4, -0.2) is 44.3 Å². The number of hydrogen-bond donors (Lipinski definition) is 4. The lowest BCUT2D eigenvalue weighted by Crippen LogP contribution is -2.53. The van der Waals surface area contributed by atoms with E-state index >= 15 is 0 Å². The molecule has 28 heavy (non-hydrogen) atoms. The summed E-state index contributed by atoms with van der Waals surface area (Å²) in [5.74, 6) is -9.13. The van der Waals surface area contributed by atoms with E-state index in [-0.39, 0.29) is 12.3 Å². The van der Waals surface area contributed by atoms with Crippen molar-refractivity contribution in [1.29, 1.82) is 0 Å². The summed E-state index contributed by atoms with van der Waals surface area (Å²) in [5.41, 5.74) is -4.20. The van der Waals surface area contributed by atoms with Gasteiger partial charge in [0.1, 0.15) is 0 Å². The first-order valence-corrected chi connectivity index (χ1v) is 9.70. The van der Waals surface area contributed by atoms with E-state index in [1.165, 1.54) is 27.7 Å². The Morgan fingerprint density at radius 1 is 0.679 bits per heavy atom. The molecule has 0 aromatic heterocycles. The highest BCUT2D eigenvalue weighted by atomic mass is 16.4. The standard InChI is InChI=1S/C20H32O8/c1-10(2)19(15(21)22,16(23)24)13-7-6-12(5)8-14(9-13)20(11(3)4,17(25)26)18(27)28/h10-14H,6-9H2,1-5H3,(H,21,22)(H,23,24)(H,25,26)(H,27,28). The Balaban J connectivity index is 3.64. The normalized spacial score (nSPS) is 24.0. The first-order chi connectivity index (χ1) is 12.8. The van der Waals surface area contributed by atoms with E-state index < -0.39 is 58.4 Å². The average molecular weight is 400 g/mol. The van der Waals surface area contributed by atoms with Crippen LogP contribution in [0.2, 0.25) is 0 Å². The number of carboxylic acid groups (broad SMARTS) is 4. The van der Waals surface area contributed by atoms with Gasteiger partial charge < -0.3 is 20.4 Å². The molecule has 0 aromatic rings. The van der Waals surface area contributed by atoms with E-state index in [1.54, 1.807) is 0 Å². The molecule has 0 bridgehead atoms. The van der Waals surface area contributed by atoms with Crippen LogP contribution in [0.1, 0.15) is 60.3 Å². The Bertz CT molecular complexity index is 608. The fourth-order valence-corrected chi connectivity index (χ4v) is 5.24. The molecule has 0 aliphatic heterocycles. The maximum Gasteiger partial charge on any atom is 0.321 e. The van der Waals surface area contributed by atoms with Crippen molar-refractivity contribution in [3.63, 3.8) is 0 Å². The summed E-state index contributed by atoms with van der Waals surface area (Å²) in [4.78, 5) is 48.6. The van der Waals surface area contributed by atoms with Crippen LogP contribution in [0.15, 0.2) is 0 Å². The number of carbonyl (C=O) groups is 4. The quantitative estimate of drug-likeness (QED) is 0.359. The largest absolute Gasteiger partial charge is 0.480 e. The van der Waals surface area contributed by atoms with Gasteiger partial charge in [-0.2, -0.15) is 0 Å². The lowest BCUT2D eigenvalue weighted by molar-refractivity contribution is -0.178. The highest BCUT2D eigenvalue weighted by molar-refractivity contribution is 6.00. The predicted octanol–water partition coefficient (Wildman–Crippen LogP) is 3.05. The molecule has 0 heterocycles. The summed E-state index contributed by atoms with van der Waals surface area (Å²) in [5, 5.41) is 39.6. The minimum absolute atomic E-state index is 0.0423. The second kappa shape index (κ2) is 8.49. The molecule has 0 spiro atoms. The third kappa shape index (κ3) is 3.61. The van der Waals surface area contributed by atoms with Crippen LogP contribution in [0.25, 0.3) is 0 Å². The van der Waals surface area contributed by atoms with E-state index in [9.17, 15) is 39.6 Å². The molecule has 3 atom stereocenters. The Morgan fingerprint density at radius 3 is 1.36 bits per heavy atom. The number of carboxylic acids is 4. The molecule has 0 amide bonds. The van der Waals surface area contributed by atoms with Crippen molar-refractivity contribution in [1.82, 2.24) is 0 Å². The molecular weight excluding hydrogens is 368 g/mol. The van der Waals surface area contributed by atoms with Crippen molar-refractivity contribution < 1.29 is 39.6 Å². The second-order valence-electron chi connectivity index (χ2n) is 8.82. The monoisotopic (exact) mass is 400 g/mol. The van der Waals surface area contributed by atoms with Gasteiger partial charge in [0.25, 0.3) is 0 Å². The molecule has 160 valence electrons. The van der Waals surface area contributed by atoms with Gasteiger partial charge in [0.2, 0.25) is 0 Å². The molecule has 0 radical (unpaired) electrons. The molecule has 8 nitrogen and oxygen atoms in total. The van der Waals surface area contributed by atoms with E-state index in [0.29, 0.717) is 19.3 Å². The summed E-state index contributed by atoms with van der Waals surface area (Å²) in [6.45, 7) is 7.96. The topological polar surface area (TPSA) is 149 Å². The van der Waals surface area contributed by atoms with E-state index in [0.717, 1.165) is 0 Å². The molecule has 1 aliphatic rings. The summed E-state index contributed by atoms with van der Waals surface area (Å²) >= 11 is 0. The molecule has 8 heteroatoms. The predicted molar refractivity (Wildman–Crippen MR) is 99.7 cm³/mol. The summed E-state index contributed by atoms with van der Waals surface area (Å²) in [7, 11) is 0. The van der Waals surface area contributed by atoms with E-state index in [2.05, 4.69) is 0 Å². The first kappa shape index (κ1) is 23.9. The van der Waals surface area contributed by atoms with Gasteiger partial charge in [-0.15, -0.1) is 0 Å². The first-order valence-electron chi connectivity index (χ1n) is 9.70. The van der Waals surface area contributed by atoms with Gasteiger partial charge in [-0.1, -0.05) is 41.0 Å². The lowest BCUT2D eigenvalue weighted by atomic mass is 9.59. The summed E-state index contributed by atoms with van der Waals surface area (Å²) < 4.78 is 0. The Hall–Kier alpha value is -2.12. The third-order valence-electron chi connectivity index (χ3n) is 6.79. The van der Waals surface area contributed by atoms with Gasteiger partial charge in [0.05, 0.1) is 0 Å². The molecule has 1 fully saturated rings. The molecule has 0 saturated heterocycles. The SMILES string of the molecule is CC1CCC(C(C(=O)O)(C(=O)O)C(C)C)CC(C(C(=O)O)(C(=O)O)C(C)C)C1. The number of hydrogen-bond acceptors (Lipinski definition) is 4. The van der Waals surface area contributed by atoms with Gasteiger partial charge in [0, 0.05) is 0 Å². The zero-order chi connectivity index (χ0) is 22.0. The van der Waals surface area contributed by atoms with Gasteiger partial charge in [0.15, 0.2) is 10.8 Å². The molecular formula is C20H32O8. The van der Waals surface area contributed by atoms with Crippen molar-refractivity contribution in [2.24, 2.45) is 40.4 Å². The van der Waals surface area contributed by atoms with Crippen molar-refractivity contribution in [3.8, 4) is 0 Å². The van der Waals surface area contributed by atoms with E-state index in [4.69, 9.17) is 0 Å². The van der Waals surface area contributed by atoms with Crippen molar-refractivity contribution in [2.75, 3.05) is 0 Å². The smallest absolute Gasteiger partial charge is 0.321 e. The third-order valence-corrected chi connectivity index (χ3v) is 6.79. The summed E-state index contributed by atoms with van der Waals surface area (Å²) in [6, 6.07) is 0. The maximum atomic E-state index is 12.2. The average Bonchev–Trinajstić information content (AvgIpc) is 2.68. The maximum absolute atomic E-state index is 12.2. The Kier molecular flexibility index (Phi) is 7.25. The lowest BCUT2D eigenvalue weighted by Gasteiger charge is -2.41. The van der Waals surface area contributed by atoms with Gasteiger partial charge in [-0.25, -0.2) is 0 Å². The molecule has 3 unspecified atom stereocenters. The van der Waals surface area contributed by atoms with Gasteiger partial charge >= 0.3 is 23.9 Å². The van der Waals surface area contributed by atoms with Crippen LogP contribution in [0.3, 0.4) is 0 Å². The van der Waals surface area contributed by atoms with Crippen LogP contribution in [0, 0.1) is 40.4 Å². The van der Waals surface area contributed by atoms with Gasteiger partial charge in [-0.3, -0.25) is 19.2 Å². The van der Waals surface area contributed by atoms with Crippen molar-refractivity contribution >= 4 is 23.9 Å². The molecule has 1 saturated carbocycles. The highest BCUT2D eigenvalue weighted by Crippen LogP contribution is 2.52. The Morgan fingerprint density at radius 2 is 1.04 bits per heavy atom. The van der Waals surface area contributed by atoms with Gasteiger partial charge in [-0.05, 0) is 48.9 Å². The fraction of sp³-hybridized carbons (Fsp3) is 0.800. The van der Waals surface area contributed by atoms with Crippen molar-refractivity contribution in [3.05, 3.63) is 0 Å². The van der Waals surface area contributed by atoms with Crippen LogP contribution in [0.4, 0.5) is 0 Å². The zero-order valence-corrected chi connectivity index (χ0v) is 17.1. The van der Waals surface area contributed by atoms with E-state index in [1.807, 2.05) is 6.92 Å². The van der Waals surface area contributed by atoms with Crippen LogP contribution in [-0.2, 0) is 19.2 Å². The molecule has 1 aliphatic carbocycles. The highest BCUT2D eigenvalue weighted by Gasteiger charge is 2.61. The number of aliphatic carboxylic acids is 4. The second-order valence-corrected chi connectivity index (χ2v) is 8.82. The zero-order valence-electron chi connectivity index (χ0n) is 17.1. The molecule has 4 N–H and O–H groups in total. The van der Waals surface area contributed by atoms with Crippen LogP contribution >= 0.6 is 0 Å². The Labute approximate surface area is 164 Å². The van der Waals surface area contributed by atoms with Crippen LogP contribution in [0.5, 0.6) is 0 Å². The van der Waals surface area contributed by atoms with Crippen molar-refractivity contribution in [2.45, 2.75) is 60.3 Å². The molecule has 1 rings (SSSR count). The fourth-order valence-electron chi connectivity index (χ4n) is 5.24.